The second-order valence-corrected chi connectivity index (χ2v) is 7.10. The van der Waals surface area contributed by atoms with Crippen LogP contribution in [0.1, 0.15) is 16.8 Å². The summed E-state index contributed by atoms with van der Waals surface area (Å²) in [5.74, 6) is -0.997. The van der Waals surface area contributed by atoms with Crippen molar-refractivity contribution in [3.63, 3.8) is 0 Å². The van der Waals surface area contributed by atoms with E-state index >= 15 is 0 Å². The Balaban J connectivity index is 2.26. The van der Waals surface area contributed by atoms with Crippen molar-refractivity contribution >= 4 is 28.2 Å². The van der Waals surface area contributed by atoms with Gasteiger partial charge in [0.05, 0.1) is 21.8 Å². The van der Waals surface area contributed by atoms with Crippen LogP contribution in [0.4, 0.5) is 36.6 Å². The normalized spacial score (nSPS) is 18.5. The van der Waals surface area contributed by atoms with E-state index < -0.39 is 66.8 Å². The molecule has 0 saturated carbocycles. The van der Waals surface area contributed by atoms with Crippen molar-refractivity contribution in [1.82, 2.24) is 9.78 Å². The van der Waals surface area contributed by atoms with Crippen molar-refractivity contribution < 1.29 is 39.7 Å². The predicted octanol–water partition coefficient (Wildman–Crippen LogP) is 3.74. The van der Waals surface area contributed by atoms with Crippen LogP contribution in [0.15, 0.2) is 17.0 Å². The standard InChI is InChI=1S/C13H4ClF7N4O2S/c14-6-1-4-5(12(17,18)27-11(4,15)16)2-8(6)25-10(23)9(7(3-22)24-25)28(26)13(19,20)21/h1-2H,23H2. The molecule has 1 atom stereocenters. The summed E-state index contributed by atoms with van der Waals surface area (Å²) in [7, 11) is -3.78. The van der Waals surface area contributed by atoms with E-state index in [2.05, 4.69) is 9.84 Å². The first-order valence-electron chi connectivity index (χ1n) is 6.78. The van der Waals surface area contributed by atoms with Crippen LogP contribution in [-0.2, 0) is 27.8 Å². The lowest BCUT2D eigenvalue weighted by molar-refractivity contribution is -0.369. The van der Waals surface area contributed by atoms with Gasteiger partial charge in [0.2, 0.25) is 0 Å². The molecule has 150 valence electrons. The molecule has 0 amide bonds. The van der Waals surface area contributed by atoms with Crippen molar-refractivity contribution in [2.45, 2.75) is 22.6 Å². The molecule has 1 aromatic heterocycles. The number of nitrogens with zero attached hydrogens (tertiary/aromatic N) is 3. The fraction of sp³-hybridized carbons (Fsp3) is 0.231. The summed E-state index contributed by atoms with van der Waals surface area (Å²) in [5.41, 5.74) is -4.10. The van der Waals surface area contributed by atoms with E-state index in [0.29, 0.717) is 16.8 Å². The number of benzene rings is 1. The highest BCUT2D eigenvalue weighted by molar-refractivity contribution is 7.86. The van der Waals surface area contributed by atoms with E-state index in [1.807, 2.05) is 0 Å². The van der Waals surface area contributed by atoms with Crippen molar-refractivity contribution in [1.29, 1.82) is 5.26 Å². The van der Waals surface area contributed by atoms with Gasteiger partial charge in [-0.05, 0) is 12.1 Å². The van der Waals surface area contributed by atoms with Gasteiger partial charge in [-0.25, -0.2) is 13.6 Å². The maximum absolute atomic E-state index is 13.7. The molecule has 0 bridgehead atoms. The van der Waals surface area contributed by atoms with Crippen LogP contribution < -0.4 is 5.73 Å². The second kappa shape index (κ2) is 6.06. The Bertz CT molecular complexity index is 1060. The number of nitrogen functional groups attached to an aromatic ring is 1. The molecule has 0 saturated heterocycles. The van der Waals surface area contributed by atoms with Gasteiger partial charge in [-0.2, -0.15) is 41.1 Å². The predicted molar refractivity (Wildman–Crippen MR) is 79.0 cm³/mol. The molecule has 0 radical (unpaired) electrons. The fourth-order valence-electron chi connectivity index (χ4n) is 2.45. The minimum Gasteiger partial charge on any atom is -0.383 e. The second-order valence-electron chi connectivity index (χ2n) is 5.29. The van der Waals surface area contributed by atoms with Gasteiger partial charge >= 0.3 is 17.7 Å². The molecule has 1 aliphatic rings. The lowest BCUT2D eigenvalue weighted by Gasteiger charge is -2.12. The van der Waals surface area contributed by atoms with Crippen LogP contribution in [-0.4, -0.2) is 19.5 Å². The summed E-state index contributed by atoms with van der Waals surface area (Å²) in [5, 5.41) is 11.7. The molecule has 0 fully saturated rings. The third-order valence-corrected chi connectivity index (χ3v) is 5.07. The average Bonchev–Trinajstić information content (AvgIpc) is 2.96. The van der Waals surface area contributed by atoms with Gasteiger partial charge in [-0.3, -0.25) is 0 Å². The quantitative estimate of drug-likeness (QED) is 0.706. The molecule has 1 aliphatic heterocycles. The van der Waals surface area contributed by atoms with Crippen LogP contribution in [0.3, 0.4) is 0 Å². The first kappa shape index (κ1) is 20.4. The third kappa shape index (κ3) is 2.99. The Hall–Kier alpha value is -2.37. The van der Waals surface area contributed by atoms with Crippen LogP contribution in [0.2, 0.25) is 5.02 Å². The highest BCUT2D eigenvalue weighted by Crippen LogP contribution is 2.52. The summed E-state index contributed by atoms with van der Waals surface area (Å²) >= 11 is 5.78. The number of nitriles is 1. The van der Waals surface area contributed by atoms with E-state index in [1.54, 1.807) is 0 Å². The Labute approximate surface area is 157 Å². The van der Waals surface area contributed by atoms with Gasteiger partial charge in [0.25, 0.3) is 0 Å². The molecular formula is C13H4ClF7N4O2S. The number of alkyl halides is 7. The summed E-state index contributed by atoms with van der Waals surface area (Å²) in [4.78, 5) is -1.22. The molecule has 28 heavy (non-hydrogen) atoms. The molecule has 1 unspecified atom stereocenters. The maximum atomic E-state index is 13.7. The number of fused-ring (bicyclic) bond motifs is 1. The van der Waals surface area contributed by atoms with Gasteiger partial charge in [-0.15, -0.1) is 0 Å². The van der Waals surface area contributed by atoms with Gasteiger partial charge in [0.15, 0.2) is 16.5 Å². The SMILES string of the molecule is N#Cc1nn(-c2cc3c(cc2Cl)C(F)(F)OC3(F)F)c(N)c1S(=O)C(F)(F)F. The number of anilines is 1. The Morgan fingerprint density at radius 1 is 1.21 bits per heavy atom. The van der Waals surface area contributed by atoms with E-state index in [4.69, 9.17) is 22.6 Å². The van der Waals surface area contributed by atoms with Crippen molar-refractivity contribution in [3.8, 4) is 11.8 Å². The zero-order valence-corrected chi connectivity index (χ0v) is 14.4. The zero-order chi connectivity index (χ0) is 21.2. The number of rotatable bonds is 2. The van der Waals surface area contributed by atoms with E-state index in [-0.39, 0.29) is 0 Å². The number of aromatic nitrogens is 2. The molecule has 15 heteroatoms. The molecule has 0 aliphatic carbocycles. The average molecular weight is 449 g/mol. The van der Waals surface area contributed by atoms with E-state index in [1.165, 1.54) is 6.07 Å². The first-order valence-corrected chi connectivity index (χ1v) is 8.31. The summed E-state index contributed by atoms with van der Waals surface area (Å²) in [6, 6.07) is 2.02. The van der Waals surface area contributed by atoms with Crippen LogP contribution in [0, 0.1) is 11.3 Å². The Morgan fingerprint density at radius 2 is 1.75 bits per heavy atom. The molecule has 2 N–H and O–H groups in total. The summed E-state index contributed by atoms with van der Waals surface area (Å²) < 4.78 is 108. The first-order chi connectivity index (χ1) is 12.7. The Kier molecular flexibility index (Phi) is 4.41. The minimum absolute atomic E-state index is 0.326. The van der Waals surface area contributed by atoms with Gasteiger partial charge in [0, 0.05) is 0 Å². The van der Waals surface area contributed by atoms with Crippen molar-refractivity contribution in [2.24, 2.45) is 0 Å². The van der Waals surface area contributed by atoms with Crippen LogP contribution >= 0.6 is 11.6 Å². The summed E-state index contributed by atoms with van der Waals surface area (Å²) in [6.07, 6.45) is -8.83. The number of hydrogen-bond donors (Lipinski definition) is 1. The molecule has 1 aromatic carbocycles. The topological polar surface area (TPSA) is 93.9 Å². The number of hydrogen-bond acceptors (Lipinski definition) is 5. The molecule has 2 aromatic rings. The van der Waals surface area contributed by atoms with Crippen LogP contribution in [0.25, 0.3) is 5.69 Å². The highest BCUT2D eigenvalue weighted by Gasteiger charge is 2.57. The Morgan fingerprint density at radius 3 is 2.25 bits per heavy atom. The number of ether oxygens (including phenoxy) is 1. The highest BCUT2D eigenvalue weighted by atomic mass is 35.5. The molecular weight excluding hydrogens is 445 g/mol. The number of halogens is 8. The maximum Gasteiger partial charge on any atom is 0.476 e. The molecule has 3 rings (SSSR count). The largest absolute Gasteiger partial charge is 0.476 e. The molecule has 2 heterocycles. The van der Waals surface area contributed by atoms with E-state index in [9.17, 15) is 34.9 Å². The number of nitrogens with two attached hydrogens (primary N) is 1. The van der Waals surface area contributed by atoms with Gasteiger partial charge < -0.3 is 5.73 Å². The molecule has 0 spiro atoms. The van der Waals surface area contributed by atoms with Crippen molar-refractivity contribution in [2.75, 3.05) is 5.73 Å². The minimum atomic E-state index is -5.31. The van der Waals surface area contributed by atoms with Crippen LogP contribution in [0.5, 0.6) is 0 Å². The smallest absolute Gasteiger partial charge is 0.383 e. The fourth-order valence-corrected chi connectivity index (χ4v) is 3.46. The van der Waals surface area contributed by atoms with E-state index in [0.717, 1.165) is 0 Å². The summed E-state index contributed by atoms with van der Waals surface area (Å²) in [6.45, 7) is 0. The monoisotopic (exact) mass is 448 g/mol. The lowest BCUT2D eigenvalue weighted by Crippen LogP contribution is -2.18. The van der Waals surface area contributed by atoms with Gasteiger partial charge in [-0.1, -0.05) is 11.6 Å². The molecule has 6 nitrogen and oxygen atoms in total. The van der Waals surface area contributed by atoms with Crippen molar-refractivity contribution in [3.05, 3.63) is 34.0 Å². The third-order valence-electron chi connectivity index (χ3n) is 3.58. The lowest BCUT2D eigenvalue weighted by atomic mass is 10.1. The van der Waals surface area contributed by atoms with Gasteiger partial charge in [0.1, 0.15) is 16.8 Å². The zero-order valence-electron chi connectivity index (χ0n) is 12.8.